The maximum absolute atomic E-state index is 13.2. The second-order valence-corrected chi connectivity index (χ2v) is 7.67. The number of ether oxygens (including phenoxy) is 3. The molecular weight excluding hydrogens is 350 g/mol. The van der Waals surface area contributed by atoms with Crippen LogP contribution in [0.2, 0.25) is 0 Å². The predicted octanol–water partition coefficient (Wildman–Crippen LogP) is 2.60. The van der Waals surface area contributed by atoms with Crippen LogP contribution in [0.3, 0.4) is 0 Å². The van der Waals surface area contributed by atoms with Gasteiger partial charge in [0.2, 0.25) is 10.0 Å². The summed E-state index contributed by atoms with van der Waals surface area (Å²) in [6, 6.07) is 6.63. The Morgan fingerprint density at radius 2 is 1.92 bits per heavy atom. The number of benzene rings is 1. The molecule has 0 radical (unpaired) electrons. The van der Waals surface area contributed by atoms with Crippen LogP contribution >= 0.6 is 11.3 Å². The Morgan fingerprint density at radius 3 is 2.50 bits per heavy atom. The van der Waals surface area contributed by atoms with E-state index < -0.39 is 10.0 Å². The predicted molar refractivity (Wildman–Crippen MR) is 93.3 cm³/mol. The van der Waals surface area contributed by atoms with E-state index in [2.05, 4.69) is 0 Å². The molecule has 0 fully saturated rings. The summed E-state index contributed by atoms with van der Waals surface area (Å²) < 4.78 is 43.1. The highest BCUT2D eigenvalue weighted by molar-refractivity contribution is 7.89. The summed E-state index contributed by atoms with van der Waals surface area (Å²) in [5.41, 5.74) is 0.932. The lowest BCUT2D eigenvalue weighted by molar-refractivity contribution is 0.177. The van der Waals surface area contributed by atoms with Crippen LogP contribution in [0.25, 0.3) is 0 Å². The molecule has 0 saturated heterocycles. The summed E-state index contributed by atoms with van der Waals surface area (Å²) in [7, 11) is 0.707. The molecule has 1 aromatic heterocycles. The number of sulfonamides is 1. The van der Waals surface area contributed by atoms with E-state index in [0.29, 0.717) is 12.4 Å². The van der Waals surface area contributed by atoms with E-state index in [1.165, 1.54) is 35.9 Å². The zero-order chi connectivity index (χ0) is 17.6. The molecule has 0 unspecified atom stereocenters. The van der Waals surface area contributed by atoms with E-state index in [-0.39, 0.29) is 23.7 Å². The van der Waals surface area contributed by atoms with Gasteiger partial charge in [0.25, 0.3) is 0 Å². The van der Waals surface area contributed by atoms with E-state index in [9.17, 15) is 8.42 Å². The van der Waals surface area contributed by atoms with Crippen molar-refractivity contribution < 1.29 is 22.6 Å². The van der Waals surface area contributed by atoms with Gasteiger partial charge in [-0.05, 0) is 34.5 Å². The van der Waals surface area contributed by atoms with Crippen LogP contribution in [-0.2, 0) is 21.3 Å². The summed E-state index contributed by atoms with van der Waals surface area (Å²) in [5.74, 6) is 0.736. The number of thiophene rings is 1. The maximum atomic E-state index is 13.2. The van der Waals surface area contributed by atoms with Crippen molar-refractivity contribution in [1.82, 2.24) is 4.31 Å². The highest BCUT2D eigenvalue weighted by Gasteiger charge is 2.28. The van der Waals surface area contributed by atoms with Crippen LogP contribution in [0.5, 0.6) is 11.5 Å². The van der Waals surface area contributed by atoms with Gasteiger partial charge in [-0.2, -0.15) is 15.6 Å². The minimum absolute atomic E-state index is 0.0793. The van der Waals surface area contributed by atoms with Crippen LogP contribution in [0.4, 0.5) is 0 Å². The van der Waals surface area contributed by atoms with Gasteiger partial charge in [-0.1, -0.05) is 0 Å². The Labute approximate surface area is 146 Å². The zero-order valence-corrected chi connectivity index (χ0v) is 15.5. The minimum Gasteiger partial charge on any atom is -0.497 e. The van der Waals surface area contributed by atoms with Crippen molar-refractivity contribution in [1.29, 1.82) is 0 Å². The summed E-state index contributed by atoms with van der Waals surface area (Å²) in [6.07, 6.45) is 0. The topological polar surface area (TPSA) is 65.1 Å². The van der Waals surface area contributed by atoms with Crippen LogP contribution in [0, 0.1) is 0 Å². The highest BCUT2D eigenvalue weighted by Crippen LogP contribution is 2.31. The molecule has 1 aromatic carbocycles. The van der Waals surface area contributed by atoms with Crippen molar-refractivity contribution in [2.75, 3.05) is 34.5 Å². The van der Waals surface area contributed by atoms with Gasteiger partial charge in [-0.15, -0.1) is 0 Å². The number of hydrogen-bond acceptors (Lipinski definition) is 6. The van der Waals surface area contributed by atoms with Gasteiger partial charge in [0, 0.05) is 26.3 Å². The Balaban J connectivity index is 2.42. The van der Waals surface area contributed by atoms with Crippen molar-refractivity contribution in [3.63, 3.8) is 0 Å². The first-order valence-electron chi connectivity index (χ1n) is 7.25. The van der Waals surface area contributed by atoms with E-state index in [4.69, 9.17) is 14.2 Å². The average molecular weight is 371 g/mol. The molecule has 6 nitrogen and oxygen atoms in total. The molecule has 0 N–H and O–H groups in total. The summed E-state index contributed by atoms with van der Waals surface area (Å²) in [5, 5.41) is 3.85. The lowest BCUT2D eigenvalue weighted by Crippen LogP contribution is -2.33. The molecule has 2 rings (SSSR count). The van der Waals surface area contributed by atoms with Crippen LogP contribution < -0.4 is 9.47 Å². The second kappa shape index (κ2) is 8.48. The van der Waals surface area contributed by atoms with Gasteiger partial charge in [-0.25, -0.2) is 8.42 Å². The number of methoxy groups -OCH3 is 3. The molecular formula is C16H21NO5S2. The molecule has 0 bridgehead atoms. The fourth-order valence-corrected chi connectivity index (χ4v) is 4.43. The van der Waals surface area contributed by atoms with Gasteiger partial charge < -0.3 is 14.2 Å². The van der Waals surface area contributed by atoms with Crippen molar-refractivity contribution in [3.8, 4) is 11.5 Å². The molecule has 24 heavy (non-hydrogen) atoms. The van der Waals surface area contributed by atoms with Gasteiger partial charge in [0.05, 0.1) is 20.8 Å². The van der Waals surface area contributed by atoms with E-state index in [1.54, 1.807) is 19.2 Å². The summed E-state index contributed by atoms with van der Waals surface area (Å²) in [6.45, 7) is 0.820. The van der Waals surface area contributed by atoms with Crippen LogP contribution in [0.15, 0.2) is 39.9 Å². The first-order valence-corrected chi connectivity index (χ1v) is 9.63. The van der Waals surface area contributed by atoms with Crippen LogP contribution in [0.1, 0.15) is 5.56 Å². The third-order valence-electron chi connectivity index (χ3n) is 3.47. The van der Waals surface area contributed by atoms with Crippen molar-refractivity contribution >= 4 is 21.4 Å². The number of hydrogen-bond donors (Lipinski definition) is 0. The summed E-state index contributed by atoms with van der Waals surface area (Å²) in [4.78, 5) is 0.0793. The van der Waals surface area contributed by atoms with Crippen LogP contribution in [-0.4, -0.2) is 47.2 Å². The standard InChI is InChI=1S/C16H21NO5S2/c1-20-8-7-17(11-13-6-9-23-12-13)24(18,19)16-10-14(21-2)4-5-15(16)22-3/h4-6,9-10,12H,7-8,11H2,1-3H3. The Kier molecular flexibility index (Phi) is 6.61. The highest BCUT2D eigenvalue weighted by atomic mass is 32.2. The second-order valence-electron chi connectivity index (χ2n) is 4.98. The van der Waals surface area contributed by atoms with Crippen molar-refractivity contribution in [2.45, 2.75) is 11.4 Å². The molecule has 1 heterocycles. The average Bonchev–Trinajstić information content (AvgIpc) is 3.10. The largest absolute Gasteiger partial charge is 0.497 e. The third-order valence-corrected chi connectivity index (χ3v) is 6.07. The minimum atomic E-state index is -3.77. The SMILES string of the molecule is COCCN(Cc1ccsc1)S(=O)(=O)c1cc(OC)ccc1OC. The van der Waals surface area contributed by atoms with Gasteiger partial charge >= 0.3 is 0 Å². The molecule has 0 amide bonds. The lowest BCUT2D eigenvalue weighted by atomic mass is 10.3. The van der Waals surface area contributed by atoms with E-state index in [0.717, 1.165) is 5.56 Å². The smallest absolute Gasteiger partial charge is 0.247 e. The zero-order valence-electron chi connectivity index (χ0n) is 13.9. The summed E-state index contributed by atoms with van der Waals surface area (Å²) >= 11 is 1.53. The van der Waals surface area contributed by atoms with E-state index >= 15 is 0 Å². The van der Waals surface area contributed by atoms with E-state index in [1.807, 2.05) is 16.8 Å². The normalized spacial score (nSPS) is 11.7. The molecule has 132 valence electrons. The van der Waals surface area contributed by atoms with Gasteiger partial charge in [0.1, 0.15) is 16.4 Å². The lowest BCUT2D eigenvalue weighted by Gasteiger charge is -2.23. The number of rotatable bonds is 9. The third kappa shape index (κ3) is 4.27. The quantitative estimate of drug-likeness (QED) is 0.678. The Morgan fingerprint density at radius 1 is 1.12 bits per heavy atom. The molecule has 0 aliphatic heterocycles. The monoisotopic (exact) mass is 371 g/mol. The molecule has 8 heteroatoms. The molecule has 2 aromatic rings. The first-order chi connectivity index (χ1) is 11.5. The fraction of sp³-hybridized carbons (Fsp3) is 0.375. The van der Waals surface area contributed by atoms with Gasteiger partial charge in [-0.3, -0.25) is 0 Å². The maximum Gasteiger partial charge on any atom is 0.247 e. The van der Waals surface area contributed by atoms with Crippen molar-refractivity contribution in [2.24, 2.45) is 0 Å². The Hall–Kier alpha value is -1.61. The first kappa shape index (κ1) is 18.7. The molecule has 0 atom stereocenters. The molecule has 0 spiro atoms. The van der Waals surface area contributed by atoms with Crippen molar-refractivity contribution in [3.05, 3.63) is 40.6 Å². The number of nitrogens with zero attached hydrogens (tertiary/aromatic N) is 1. The molecule has 0 saturated carbocycles. The Bertz CT molecular complexity index is 744. The molecule has 0 aliphatic carbocycles. The fourth-order valence-electron chi connectivity index (χ4n) is 2.19. The molecule has 0 aliphatic rings. The van der Waals surface area contributed by atoms with Gasteiger partial charge in [0.15, 0.2) is 0 Å².